The predicted octanol–water partition coefficient (Wildman–Crippen LogP) is 7.09. The van der Waals surface area contributed by atoms with Crippen LogP contribution in [0.3, 0.4) is 0 Å². The van der Waals surface area contributed by atoms with Crippen molar-refractivity contribution in [3.05, 3.63) is 77.6 Å². The highest BCUT2D eigenvalue weighted by Gasteiger charge is 2.17. The lowest BCUT2D eigenvalue weighted by Gasteiger charge is -2.08. The Kier molecular flexibility index (Phi) is 3.16. The summed E-state index contributed by atoms with van der Waals surface area (Å²) in [6, 6.07) is 22.0. The molecule has 136 valence electrons. The molecule has 0 amide bonds. The lowest BCUT2D eigenvalue weighted by Crippen LogP contribution is -1.93. The van der Waals surface area contributed by atoms with Gasteiger partial charge in [0.1, 0.15) is 11.3 Å². The molecule has 2 heterocycles. The fourth-order valence-corrected chi connectivity index (χ4v) is 4.67. The maximum absolute atomic E-state index is 6.11. The summed E-state index contributed by atoms with van der Waals surface area (Å²) in [5, 5.41) is 3.84. The molecule has 0 atom stereocenters. The van der Waals surface area contributed by atoms with E-state index in [4.69, 9.17) is 4.42 Å². The zero-order valence-corrected chi connectivity index (χ0v) is 16.1. The molecule has 0 saturated carbocycles. The van der Waals surface area contributed by atoms with Crippen molar-refractivity contribution >= 4 is 38.9 Å². The molecule has 5 aromatic rings. The Hall–Kier alpha value is -3.26. The number of nitrogens with zero attached hydrogens (tertiary/aromatic N) is 1. The third-order valence-electron chi connectivity index (χ3n) is 6.19. The first-order valence-corrected chi connectivity index (χ1v) is 9.89. The van der Waals surface area contributed by atoms with Gasteiger partial charge in [0.2, 0.25) is 0 Å². The number of aromatic nitrogens is 1. The second-order valence-electron chi connectivity index (χ2n) is 7.95. The molecule has 0 saturated heterocycles. The average molecular weight is 363 g/mol. The second kappa shape index (κ2) is 5.62. The van der Waals surface area contributed by atoms with Crippen LogP contribution < -0.4 is 0 Å². The van der Waals surface area contributed by atoms with E-state index in [1.54, 1.807) is 0 Å². The third-order valence-corrected chi connectivity index (χ3v) is 6.19. The highest BCUT2D eigenvalue weighted by atomic mass is 16.3. The molecular formula is C26H21NO. The number of rotatable bonds is 1. The minimum Gasteiger partial charge on any atom is -0.460 e. The Morgan fingerprint density at radius 1 is 0.786 bits per heavy atom. The van der Waals surface area contributed by atoms with Crippen molar-refractivity contribution in [1.29, 1.82) is 0 Å². The molecule has 2 aromatic heterocycles. The van der Waals surface area contributed by atoms with Crippen molar-refractivity contribution in [2.75, 3.05) is 0 Å². The van der Waals surface area contributed by atoms with Crippen molar-refractivity contribution in [1.82, 2.24) is 4.57 Å². The lowest BCUT2D eigenvalue weighted by molar-refractivity contribution is 0.543. The van der Waals surface area contributed by atoms with Gasteiger partial charge in [-0.1, -0.05) is 42.0 Å². The van der Waals surface area contributed by atoms with E-state index in [2.05, 4.69) is 85.3 Å². The Balaban J connectivity index is 1.58. The predicted molar refractivity (Wildman–Crippen MR) is 118 cm³/mol. The first-order chi connectivity index (χ1) is 13.7. The Labute approximate surface area is 163 Å². The van der Waals surface area contributed by atoms with E-state index in [0.29, 0.717) is 0 Å². The van der Waals surface area contributed by atoms with E-state index >= 15 is 0 Å². The first kappa shape index (κ1) is 15.8. The molecule has 3 aromatic carbocycles. The second-order valence-corrected chi connectivity index (χ2v) is 7.95. The molecule has 1 aliphatic carbocycles. The van der Waals surface area contributed by atoms with Gasteiger partial charge in [-0.15, -0.1) is 0 Å². The van der Waals surface area contributed by atoms with E-state index in [0.717, 1.165) is 24.2 Å². The molecule has 2 heteroatoms. The van der Waals surface area contributed by atoms with Crippen LogP contribution in [0.1, 0.15) is 24.7 Å². The summed E-state index contributed by atoms with van der Waals surface area (Å²) in [6.45, 7) is 2.21. The van der Waals surface area contributed by atoms with Gasteiger partial charge < -0.3 is 8.98 Å². The number of hydrogen-bond acceptors (Lipinski definition) is 1. The quantitative estimate of drug-likeness (QED) is 0.311. The number of benzene rings is 3. The topological polar surface area (TPSA) is 18.1 Å². The molecule has 0 N–H and O–H groups in total. The summed E-state index contributed by atoms with van der Waals surface area (Å²) < 4.78 is 8.39. The highest BCUT2D eigenvalue weighted by Crippen LogP contribution is 2.37. The molecule has 2 nitrogen and oxygen atoms in total. The van der Waals surface area contributed by atoms with Crippen molar-refractivity contribution in [3.63, 3.8) is 0 Å². The fourth-order valence-electron chi connectivity index (χ4n) is 4.67. The van der Waals surface area contributed by atoms with Crippen LogP contribution in [0.5, 0.6) is 0 Å². The molecule has 0 fully saturated rings. The minimum absolute atomic E-state index is 0.992. The number of furan rings is 1. The molecular weight excluding hydrogens is 342 g/mol. The maximum Gasteiger partial charge on any atom is 0.134 e. The van der Waals surface area contributed by atoms with E-state index in [1.165, 1.54) is 49.5 Å². The van der Waals surface area contributed by atoms with Crippen molar-refractivity contribution in [2.45, 2.75) is 19.8 Å². The van der Waals surface area contributed by atoms with Crippen molar-refractivity contribution < 1.29 is 4.42 Å². The smallest absolute Gasteiger partial charge is 0.134 e. The van der Waals surface area contributed by atoms with E-state index in [-0.39, 0.29) is 0 Å². The molecule has 0 spiro atoms. The summed E-state index contributed by atoms with van der Waals surface area (Å²) in [5.74, 6) is 1.13. The summed E-state index contributed by atoms with van der Waals surface area (Å²) in [6.07, 6.45) is 4.39. The van der Waals surface area contributed by atoms with Crippen LogP contribution in [0.15, 0.2) is 70.7 Å². The van der Waals surface area contributed by atoms with Gasteiger partial charge in [0.15, 0.2) is 0 Å². The van der Waals surface area contributed by atoms with Gasteiger partial charge >= 0.3 is 0 Å². The minimum atomic E-state index is 0.992. The van der Waals surface area contributed by atoms with E-state index in [9.17, 15) is 0 Å². The zero-order chi connectivity index (χ0) is 18.8. The van der Waals surface area contributed by atoms with Crippen LogP contribution in [0.2, 0.25) is 0 Å². The number of para-hydroxylation sites is 1. The average Bonchev–Trinajstić information content (AvgIpc) is 3.23. The number of hydrogen-bond donors (Lipinski definition) is 0. The summed E-state index contributed by atoms with van der Waals surface area (Å²) >= 11 is 0. The first-order valence-electron chi connectivity index (χ1n) is 9.89. The Morgan fingerprint density at radius 3 is 2.43 bits per heavy atom. The lowest BCUT2D eigenvalue weighted by atomic mass is 9.95. The molecule has 0 bridgehead atoms. The molecule has 0 unspecified atom stereocenters. The number of aryl methyl sites for hydroxylation is 2. The largest absolute Gasteiger partial charge is 0.460 e. The molecule has 1 aliphatic rings. The molecule has 6 rings (SSSR count). The van der Waals surface area contributed by atoms with Crippen LogP contribution in [0, 0.1) is 0 Å². The van der Waals surface area contributed by atoms with E-state index < -0.39 is 0 Å². The zero-order valence-electron chi connectivity index (χ0n) is 16.1. The van der Waals surface area contributed by atoms with Crippen LogP contribution in [-0.4, -0.2) is 4.57 Å². The SMILES string of the molecule is CC1=Cc2c(oc3ccc(-c4ccc5c(c4)c4ccccc4n5C)cc23)CC1. The standard InChI is InChI=1S/C26H21NO/c1-16-7-11-25-21(13-16)22-15-18(9-12-26(22)28-25)17-8-10-24-20(14-17)19-5-3-4-6-23(19)27(24)2/h3-6,8-10,12-15H,7,11H2,1-2H3. The number of allylic oxidation sites excluding steroid dienone is 1. The summed E-state index contributed by atoms with van der Waals surface area (Å²) in [7, 11) is 2.14. The van der Waals surface area contributed by atoms with Gasteiger partial charge in [-0.3, -0.25) is 0 Å². The third kappa shape index (κ3) is 2.15. The van der Waals surface area contributed by atoms with E-state index in [1.807, 2.05) is 0 Å². The number of fused-ring (bicyclic) bond motifs is 6. The van der Waals surface area contributed by atoms with Crippen LogP contribution in [0.25, 0.3) is 50.0 Å². The van der Waals surface area contributed by atoms with Gasteiger partial charge in [-0.2, -0.15) is 0 Å². The van der Waals surface area contributed by atoms with Crippen LogP contribution in [0.4, 0.5) is 0 Å². The van der Waals surface area contributed by atoms with Gasteiger partial charge in [-0.25, -0.2) is 0 Å². The monoisotopic (exact) mass is 363 g/mol. The molecule has 0 aliphatic heterocycles. The van der Waals surface area contributed by atoms with Gasteiger partial charge in [0.05, 0.1) is 0 Å². The maximum atomic E-state index is 6.11. The van der Waals surface area contributed by atoms with Crippen LogP contribution in [-0.2, 0) is 13.5 Å². The summed E-state index contributed by atoms with van der Waals surface area (Å²) in [4.78, 5) is 0. The van der Waals surface area contributed by atoms with Crippen molar-refractivity contribution in [3.8, 4) is 11.1 Å². The fraction of sp³-hybridized carbons (Fsp3) is 0.154. The summed E-state index contributed by atoms with van der Waals surface area (Å²) in [5.41, 5.74) is 8.72. The highest BCUT2D eigenvalue weighted by molar-refractivity contribution is 6.09. The van der Waals surface area contributed by atoms with Gasteiger partial charge in [-0.05, 0) is 54.8 Å². The Morgan fingerprint density at radius 2 is 1.54 bits per heavy atom. The molecule has 0 radical (unpaired) electrons. The normalized spacial score (nSPS) is 14.0. The van der Waals surface area contributed by atoms with Crippen molar-refractivity contribution in [2.24, 2.45) is 7.05 Å². The van der Waals surface area contributed by atoms with Crippen LogP contribution >= 0.6 is 0 Å². The van der Waals surface area contributed by atoms with Gasteiger partial charge in [0, 0.05) is 46.2 Å². The van der Waals surface area contributed by atoms with Gasteiger partial charge in [0.25, 0.3) is 0 Å². The molecule has 28 heavy (non-hydrogen) atoms. The Bertz CT molecular complexity index is 1430.